The number of aliphatic hydroxyl groups is 1. The van der Waals surface area contributed by atoms with Crippen LogP contribution in [0, 0.1) is 0 Å². The predicted octanol–water partition coefficient (Wildman–Crippen LogP) is 4.03. The van der Waals surface area contributed by atoms with Gasteiger partial charge in [0.15, 0.2) is 0 Å². The van der Waals surface area contributed by atoms with Crippen molar-refractivity contribution < 1.29 is 5.11 Å². The number of aromatic nitrogens is 2. The number of piperidine rings is 1. The molecule has 0 spiro atoms. The number of imidazole rings is 1. The van der Waals surface area contributed by atoms with Gasteiger partial charge >= 0.3 is 5.69 Å². The molecular formula is C22H26ClN3O2. The summed E-state index contributed by atoms with van der Waals surface area (Å²) in [5.74, 6) is 0.0506. The molecular weight excluding hydrogens is 374 g/mol. The van der Waals surface area contributed by atoms with Crippen molar-refractivity contribution in [1.82, 2.24) is 14.9 Å². The van der Waals surface area contributed by atoms with Gasteiger partial charge in [0, 0.05) is 18.1 Å². The largest absolute Gasteiger partial charge is 0.378 e. The van der Waals surface area contributed by atoms with Crippen LogP contribution in [-0.2, 0) is 6.42 Å². The van der Waals surface area contributed by atoms with Crippen LogP contribution in [0.4, 0.5) is 0 Å². The highest BCUT2D eigenvalue weighted by molar-refractivity contribution is 6.32. The van der Waals surface area contributed by atoms with E-state index in [1.54, 1.807) is 6.07 Å². The van der Waals surface area contributed by atoms with E-state index < -0.39 is 6.23 Å². The van der Waals surface area contributed by atoms with Crippen molar-refractivity contribution in [2.75, 3.05) is 13.1 Å². The summed E-state index contributed by atoms with van der Waals surface area (Å²) in [5.41, 5.74) is 3.38. The molecule has 1 fully saturated rings. The van der Waals surface area contributed by atoms with Crippen LogP contribution in [0.1, 0.15) is 42.7 Å². The average Bonchev–Trinajstić information content (AvgIpc) is 3.07. The zero-order chi connectivity index (χ0) is 19.5. The molecule has 0 bridgehead atoms. The first-order chi connectivity index (χ1) is 13.6. The van der Waals surface area contributed by atoms with Gasteiger partial charge in [-0.25, -0.2) is 4.79 Å². The summed E-state index contributed by atoms with van der Waals surface area (Å²) in [6.45, 7) is 1.88. The van der Waals surface area contributed by atoms with E-state index in [0.717, 1.165) is 43.4 Å². The van der Waals surface area contributed by atoms with Gasteiger partial charge in [0.1, 0.15) is 6.23 Å². The number of aromatic amines is 2. The standard InChI is InChI=1S/C22H26ClN3O2/c23-18-14-20-19(24-22(28)25-20)13-17(18)16(11-15-7-3-1-4-8-15)12-21(27)26-9-5-2-6-10-26/h1,3-4,7-8,13-14,16,21,27H,2,5-6,9-12H2,(H2,24,25,28)/t16-,21?/m0/s1. The molecule has 28 heavy (non-hydrogen) atoms. The molecule has 4 rings (SSSR count). The summed E-state index contributed by atoms with van der Waals surface area (Å²) in [4.78, 5) is 19.4. The van der Waals surface area contributed by atoms with Crippen LogP contribution in [-0.4, -0.2) is 39.3 Å². The lowest BCUT2D eigenvalue weighted by molar-refractivity contribution is -0.0179. The Morgan fingerprint density at radius 2 is 1.71 bits per heavy atom. The third-order valence-electron chi connectivity index (χ3n) is 5.71. The van der Waals surface area contributed by atoms with Gasteiger partial charge in [0.2, 0.25) is 0 Å². The highest BCUT2D eigenvalue weighted by Gasteiger charge is 2.25. The first-order valence-corrected chi connectivity index (χ1v) is 10.4. The van der Waals surface area contributed by atoms with Crippen molar-refractivity contribution in [3.05, 3.63) is 69.1 Å². The van der Waals surface area contributed by atoms with Gasteiger partial charge in [0.05, 0.1) is 11.0 Å². The minimum Gasteiger partial charge on any atom is -0.378 e. The van der Waals surface area contributed by atoms with E-state index in [4.69, 9.17) is 11.6 Å². The molecule has 2 heterocycles. The third-order valence-corrected chi connectivity index (χ3v) is 6.03. The molecule has 0 amide bonds. The summed E-state index contributed by atoms with van der Waals surface area (Å²) in [7, 11) is 0. The Labute approximate surface area is 169 Å². The molecule has 3 N–H and O–H groups in total. The Bertz CT molecular complexity index is 976. The zero-order valence-electron chi connectivity index (χ0n) is 15.8. The number of nitrogens with one attached hydrogen (secondary N) is 2. The summed E-state index contributed by atoms with van der Waals surface area (Å²) in [5, 5.41) is 11.5. The molecule has 1 aliphatic rings. The van der Waals surface area contributed by atoms with Gasteiger partial charge in [-0.05, 0) is 54.9 Å². The fourth-order valence-corrected chi connectivity index (χ4v) is 4.54. The smallest absolute Gasteiger partial charge is 0.323 e. The molecule has 148 valence electrons. The van der Waals surface area contributed by atoms with Crippen LogP contribution in [0.25, 0.3) is 11.0 Å². The Balaban J connectivity index is 1.65. The SMILES string of the molecule is O=c1[nH]c2cc(Cl)c([C@@H](Cc3ccccc3)CC(O)N3CCCCC3)cc2[nH]1. The zero-order valence-corrected chi connectivity index (χ0v) is 16.6. The number of halogens is 1. The molecule has 1 unspecified atom stereocenters. The molecule has 0 radical (unpaired) electrons. The van der Waals surface area contributed by atoms with E-state index in [-0.39, 0.29) is 11.6 Å². The average molecular weight is 400 g/mol. The highest BCUT2D eigenvalue weighted by atomic mass is 35.5. The number of hydrogen-bond donors (Lipinski definition) is 3. The predicted molar refractivity (Wildman–Crippen MR) is 113 cm³/mol. The second-order valence-electron chi connectivity index (χ2n) is 7.70. The Hall–Kier alpha value is -2.08. The fourth-order valence-electron chi connectivity index (χ4n) is 4.22. The molecule has 5 nitrogen and oxygen atoms in total. The molecule has 1 saturated heterocycles. The Kier molecular flexibility index (Phi) is 5.85. The van der Waals surface area contributed by atoms with E-state index in [9.17, 15) is 9.90 Å². The Morgan fingerprint density at radius 1 is 1.04 bits per heavy atom. The second kappa shape index (κ2) is 8.52. The maximum atomic E-state index is 11.7. The first-order valence-electron chi connectivity index (χ1n) is 9.97. The lowest BCUT2D eigenvalue weighted by Crippen LogP contribution is -2.40. The van der Waals surface area contributed by atoms with Gasteiger partial charge in [-0.15, -0.1) is 0 Å². The van der Waals surface area contributed by atoms with Crippen molar-refractivity contribution in [1.29, 1.82) is 0 Å². The molecule has 3 aromatic rings. The summed E-state index contributed by atoms with van der Waals surface area (Å²) in [6, 6.07) is 14.0. The van der Waals surface area contributed by atoms with Gasteiger partial charge in [-0.1, -0.05) is 48.4 Å². The third kappa shape index (κ3) is 4.32. The highest BCUT2D eigenvalue weighted by Crippen LogP contribution is 2.34. The maximum Gasteiger partial charge on any atom is 0.323 e. The second-order valence-corrected chi connectivity index (χ2v) is 8.11. The topological polar surface area (TPSA) is 72.1 Å². The molecule has 1 aromatic heterocycles. The van der Waals surface area contributed by atoms with Crippen molar-refractivity contribution in [3.8, 4) is 0 Å². The minimum atomic E-state index is -0.494. The van der Waals surface area contributed by atoms with E-state index in [0.29, 0.717) is 17.0 Å². The number of H-pyrrole nitrogens is 2. The van der Waals surface area contributed by atoms with Crippen LogP contribution in [0.2, 0.25) is 5.02 Å². The molecule has 0 aliphatic carbocycles. The monoisotopic (exact) mass is 399 g/mol. The lowest BCUT2D eigenvalue weighted by Gasteiger charge is -2.33. The van der Waals surface area contributed by atoms with Crippen molar-refractivity contribution in [3.63, 3.8) is 0 Å². The van der Waals surface area contributed by atoms with Crippen LogP contribution >= 0.6 is 11.6 Å². The maximum absolute atomic E-state index is 11.7. The van der Waals surface area contributed by atoms with Crippen molar-refractivity contribution >= 4 is 22.6 Å². The van der Waals surface area contributed by atoms with E-state index in [2.05, 4.69) is 27.0 Å². The number of rotatable bonds is 6. The van der Waals surface area contributed by atoms with Crippen molar-refractivity contribution in [2.45, 2.75) is 44.2 Å². The number of hydrogen-bond acceptors (Lipinski definition) is 3. The molecule has 6 heteroatoms. The van der Waals surface area contributed by atoms with Gasteiger partial charge < -0.3 is 15.1 Å². The Morgan fingerprint density at radius 3 is 2.43 bits per heavy atom. The van der Waals surface area contributed by atoms with Crippen LogP contribution in [0.15, 0.2) is 47.3 Å². The number of benzene rings is 2. The number of nitrogens with zero attached hydrogens (tertiary/aromatic N) is 1. The summed E-state index contributed by atoms with van der Waals surface area (Å²) in [6.07, 6.45) is 4.40. The van der Waals surface area contributed by atoms with E-state index >= 15 is 0 Å². The van der Waals surface area contributed by atoms with Gasteiger partial charge in [-0.2, -0.15) is 0 Å². The normalized spacial score (nSPS) is 17.6. The number of likely N-dealkylation sites (tertiary alicyclic amines) is 1. The van der Waals surface area contributed by atoms with E-state index in [1.807, 2.05) is 24.3 Å². The number of aliphatic hydroxyl groups excluding tert-OH is 1. The lowest BCUT2D eigenvalue weighted by atomic mass is 9.88. The molecule has 2 atom stereocenters. The quantitative estimate of drug-likeness (QED) is 0.586. The summed E-state index contributed by atoms with van der Waals surface area (Å²) >= 11 is 6.61. The van der Waals surface area contributed by atoms with Crippen molar-refractivity contribution in [2.24, 2.45) is 0 Å². The molecule has 2 aromatic carbocycles. The molecule has 1 aliphatic heterocycles. The van der Waals surface area contributed by atoms with Crippen LogP contribution < -0.4 is 5.69 Å². The summed E-state index contributed by atoms with van der Waals surface area (Å²) < 4.78 is 0. The first kappa shape index (κ1) is 19.2. The van der Waals surface area contributed by atoms with Crippen LogP contribution in [0.5, 0.6) is 0 Å². The van der Waals surface area contributed by atoms with E-state index in [1.165, 1.54) is 12.0 Å². The van der Waals surface area contributed by atoms with Gasteiger partial charge in [0.25, 0.3) is 0 Å². The fraction of sp³-hybridized carbons (Fsp3) is 0.409. The minimum absolute atomic E-state index is 0.0506. The van der Waals surface area contributed by atoms with Crippen LogP contribution in [0.3, 0.4) is 0 Å². The molecule has 0 saturated carbocycles. The van der Waals surface area contributed by atoms with Gasteiger partial charge in [-0.3, -0.25) is 4.90 Å². The number of fused-ring (bicyclic) bond motifs is 1.